The van der Waals surface area contributed by atoms with Crippen LogP contribution in [0.5, 0.6) is 0 Å². The van der Waals surface area contributed by atoms with E-state index in [1.54, 1.807) is 0 Å². The summed E-state index contributed by atoms with van der Waals surface area (Å²) in [6.07, 6.45) is 76.2. The lowest BCUT2D eigenvalue weighted by atomic mass is 10.0. The van der Waals surface area contributed by atoms with Crippen LogP contribution in [0.25, 0.3) is 0 Å². The minimum atomic E-state index is -4.57. The van der Waals surface area contributed by atoms with Gasteiger partial charge in [0, 0.05) is 6.42 Å². The molecular formula is C69H141N2O6P. The highest BCUT2D eigenvalue weighted by Gasteiger charge is 2.24. The first-order valence-corrected chi connectivity index (χ1v) is 36.8. The third kappa shape index (κ3) is 63.1. The van der Waals surface area contributed by atoms with E-state index in [4.69, 9.17) is 9.05 Å². The summed E-state index contributed by atoms with van der Waals surface area (Å²) < 4.78 is 23.5. The van der Waals surface area contributed by atoms with Gasteiger partial charge >= 0.3 is 0 Å². The number of carbonyl (C=O) groups is 1. The van der Waals surface area contributed by atoms with Crippen molar-refractivity contribution in [1.82, 2.24) is 5.32 Å². The SMILES string of the molecule is CCCCCCCCCCCCCCCCCCCCCCCCCCCCCCCCCCCC(O)C(COP(=O)([O-])OCC[N+](C)(C)C)NC(=O)CCCCCCCCCCCCCCCCCCCCCCCCC. The van der Waals surface area contributed by atoms with E-state index in [0.29, 0.717) is 23.9 Å². The van der Waals surface area contributed by atoms with Crippen LogP contribution in [-0.4, -0.2) is 68.5 Å². The van der Waals surface area contributed by atoms with Crippen molar-refractivity contribution in [2.24, 2.45) is 0 Å². The second-order valence-corrected chi connectivity index (χ2v) is 27.4. The fraction of sp³-hybridized carbons (Fsp3) is 0.986. The third-order valence-corrected chi connectivity index (χ3v) is 17.8. The number of hydrogen-bond donors (Lipinski definition) is 2. The smallest absolute Gasteiger partial charge is 0.268 e. The molecule has 0 saturated carbocycles. The van der Waals surface area contributed by atoms with Gasteiger partial charge in [-0.1, -0.05) is 367 Å². The van der Waals surface area contributed by atoms with Crippen LogP contribution < -0.4 is 10.2 Å². The Bertz CT molecular complexity index is 1230. The van der Waals surface area contributed by atoms with Crippen molar-refractivity contribution < 1.29 is 32.9 Å². The zero-order chi connectivity index (χ0) is 57.0. The van der Waals surface area contributed by atoms with Gasteiger partial charge in [-0.25, -0.2) is 0 Å². The van der Waals surface area contributed by atoms with E-state index in [9.17, 15) is 19.4 Å². The molecule has 0 heterocycles. The molecular weight excluding hydrogens is 984 g/mol. The predicted octanol–water partition coefficient (Wildman–Crippen LogP) is 21.7. The molecule has 3 atom stereocenters. The Hall–Kier alpha value is -0.500. The summed E-state index contributed by atoms with van der Waals surface area (Å²) in [5, 5.41) is 14.1. The molecule has 468 valence electrons. The van der Waals surface area contributed by atoms with E-state index >= 15 is 0 Å². The standard InChI is InChI=1S/C69H141N2O6P/c1-6-8-10-12-14-16-18-20-22-24-26-28-30-31-32-33-34-35-36-37-38-39-41-42-44-46-48-50-52-54-56-58-60-62-68(72)67(66-77-78(74,75)76-65-64-71(3,4)5)70-69(73)63-61-59-57-55-53-51-49-47-45-43-40-29-27-25-23-21-19-17-15-13-11-9-7-2/h67-68,72H,6-66H2,1-5H3,(H-,70,73,74,75). The number of phosphoric acid groups is 1. The molecule has 0 aromatic rings. The van der Waals surface area contributed by atoms with Gasteiger partial charge in [-0.15, -0.1) is 0 Å². The lowest BCUT2D eigenvalue weighted by Crippen LogP contribution is -2.46. The fourth-order valence-electron chi connectivity index (χ4n) is 11.3. The van der Waals surface area contributed by atoms with E-state index in [2.05, 4.69) is 19.2 Å². The molecule has 1 amide bonds. The Kier molecular flexibility index (Phi) is 60.7. The molecule has 0 aromatic carbocycles. The zero-order valence-corrected chi connectivity index (χ0v) is 54.6. The minimum Gasteiger partial charge on any atom is -0.756 e. The summed E-state index contributed by atoms with van der Waals surface area (Å²) in [5.74, 6) is -0.154. The summed E-state index contributed by atoms with van der Waals surface area (Å²) in [5.41, 5.74) is 0. The van der Waals surface area contributed by atoms with E-state index in [1.165, 1.54) is 321 Å². The molecule has 9 heteroatoms. The maximum atomic E-state index is 13.0. The molecule has 0 aromatic heterocycles. The van der Waals surface area contributed by atoms with Gasteiger partial charge in [0.2, 0.25) is 5.91 Å². The summed E-state index contributed by atoms with van der Waals surface area (Å²) in [7, 11) is 1.33. The Labute approximate surface area is 489 Å². The normalized spacial score (nSPS) is 13.6. The summed E-state index contributed by atoms with van der Waals surface area (Å²) in [6.45, 7) is 4.80. The first kappa shape index (κ1) is 77.5. The van der Waals surface area contributed by atoms with E-state index in [0.717, 1.165) is 38.5 Å². The molecule has 0 spiro atoms. The molecule has 0 saturated heterocycles. The monoisotopic (exact) mass is 1130 g/mol. The molecule has 78 heavy (non-hydrogen) atoms. The van der Waals surface area contributed by atoms with Crippen LogP contribution in [0.15, 0.2) is 0 Å². The number of amides is 1. The molecule has 0 rings (SSSR count). The van der Waals surface area contributed by atoms with Gasteiger partial charge < -0.3 is 28.8 Å². The van der Waals surface area contributed by atoms with Crippen molar-refractivity contribution in [2.45, 2.75) is 398 Å². The fourth-order valence-corrected chi connectivity index (χ4v) is 12.1. The number of aliphatic hydroxyl groups is 1. The number of aliphatic hydroxyl groups excluding tert-OH is 1. The molecule has 0 aliphatic heterocycles. The number of hydrogen-bond acceptors (Lipinski definition) is 6. The van der Waals surface area contributed by atoms with Crippen molar-refractivity contribution in [1.29, 1.82) is 0 Å². The van der Waals surface area contributed by atoms with Crippen LogP contribution in [0.3, 0.4) is 0 Å². The average Bonchev–Trinajstić information content (AvgIpc) is 3.41. The number of rotatable bonds is 67. The summed E-state index contributed by atoms with van der Waals surface area (Å²) >= 11 is 0. The van der Waals surface area contributed by atoms with Gasteiger partial charge in [0.25, 0.3) is 7.82 Å². The lowest BCUT2D eigenvalue weighted by Gasteiger charge is -2.30. The number of carbonyl (C=O) groups excluding carboxylic acids is 1. The molecule has 0 bridgehead atoms. The third-order valence-electron chi connectivity index (χ3n) is 16.8. The summed E-state index contributed by atoms with van der Waals surface area (Å²) in [4.78, 5) is 25.7. The van der Waals surface area contributed by atoms with Crippen LogP contribution in [0.1, 0.15) is 386 Å². The van der Waals surface area contributed by atoms with Gasteiger partial charge in [0.1, 0.15) is 13.2 Å². The number of phosphoric ester groups is 1. The highest BCUT2D eigenvalue weighted by atomic mass is 31.2. The van der Waals surface area contributed by atoms with Crippen LogP contribution in [-0.2, 0) is 18.4 Å². The Morgan fingerprint density at radius 1 is 0.397 bits per heavy atom. The van der Waals surface area contributed by atoms with Crippen LogP contribution >= 0.6 is 7.82 Å². The van der Waals surface area contributed by atoms with Crippen molar-refractivity contribution in [2.75, 3.05) is 40.9 Å². The van der Waals surface area contributed by atoms with Crippen LogP contribution in [0.2, 0.25) is 0 Å². The van der Waals surface area contributed by atoms with Gasteiger partial charge in [-0.2, -0.15) is 0 Å². The molecule has 3 unspecified atom stereocenters. The second-order valence-electron chi connectivity index (χ2n) is 26.0. The predicted molar refractivity (Wildman–Crippen MR) is 339 cm³/mol. The van der Waals surface area contributed by atoms with Gasteiger partial charge in [-0.05, 0) is 12.8 Å². The van der Waals surface area contributed by atoms with Crippen molar-refractivity contribution >= 4 is 13.7 Å². The van der Waals surface area contributed by atoms with Gasteiger partial charge in [0.05, 0.1) is 39.9 Å². The number of nitrogens with one attached hydrogen (secondary N) is 1. The Balaban J connectivity index is 3.96. The van der Waals surface area contributed by atoms with Gasteiger partial charge in [-0.3, -0.25) is 9.36 Å². The maximum absolute atomic E-state index is 13.0. The molecule has 2 N–H and O–H groups in total. The Morgan fingerprint density at radius 2 is 0.628 bits per heavy atom. The second kappa shape index (κ2) is 61.1. The molecule has 0 fully saturated rings. The zero-order valence-electron chi connectivity index (χ0n) is 53.7. The Morgan fingerprint density at radius 3 is 0.872 bits per heavy atom. The van der Waals surface area contributed by atoms with Crippen LogP contribution in [0.4, 0.5) is 0 Å². The van der Waals surface area contributed by atoms with E-state index in [1.807, 2.05) is 21.1 Å². The van der Waals surface area contributed by atoms with E-state index in [-0.39, 0.29) is 19.1 Å². The van der Waals surface area contributed by atoms with Gasteiger partial charge in [0.15, 0.2) is 0 Å². The quantitative estimate of drug-likeness (QED) is 0.0357. The van der Waals surface area contributed by atoms with Crippen molar-refractivity contribution in [3.8, 4) is 0 Å². The van der Waals surface area contributed by atoms with Crippen molar-refractivity contribution in [3.63, 3.8) is 0 Å². The molecule has 0 radical (unpaired) electrons. The first-order valence-electron chi connectivity index (χ1n) is 35.4. The van der Waals surface area contributed by atoms with Crippen molar-refractivity contribution in [3.05, 3.63) is 0 Å². The van der Waals surface area contributed by atoms with Crippen LogP contribution in [0, 0.1) is 0 Å². The molecule has 0 aliphatic carbocycles. The maximum Gasteiger partial charge on any atom is 0.268 e. The number of unbranched alkanes of at least 4 members (excludes halogenated alkanes) is 54. The number of quaternary nitrogens is 1. The largest absolute Gasteiger partial charge is 0.756 e. The number of nitrogens with zero attached hydrogens (tertiary/aromatic N) is 1. The average molecular weight is 1130 g/mol. The summed E-state index contributed by atoms with van der Waals surface area (Å²) in [6, 6.07) is -0.797. The topological polar surface area (TPSA) is 108 Å². The highest BCUT2D eigenvalue weighted by Crippen LogP contribution is 2.38. The molecule has 0 aliphatic rings. The first-order chi connectivity index (χ1) is 38.0. The molecule has 8 nitrogen and oxygen atoms in total. The number of likely N-dealkylation sites (N-methyl/N-ethyl adjacent to an activating group) is 1. The minimum absolute atomic E-state index is 0.0170. The highest BCUT2D eigenvalue weighted by molar-refractivity contribution is 7.45. The van der Waals surface area contributed by atoms with E-state index < -0.39 is 20.0 Å². The lowest BCUT2D eigenvalue weighted by molar-refractivity contribution is -0.870.